The van der Waals surface area contributed by atoms with Gasteiger partial charge in [-0.15, -0.1) is 0 Å². The Hall–Kier alpha value is -2.93. The molecular formula is C24H27N3O3S. The Morgan fingerprint density at radius 2 is 1.81 bits per heavy atom. The van der Waals surface area contributed by atoms with E-state index in [4.69, 9.17) is 5.10 Å². The van der Waals surface area contributed by atoms with Gasteiger partial charge in [0.1, 0.15) is 5.69 Å². The Kier molecular flexibility index (Phi) is 5.96. The van der Waals surface area contributed by atoms with E-state index >= 15 is 0 Å². The molecule has 162 valence electrons. The number of benzene rings is 2. The van der Waals surface area contributed by atoms with Crippen LogP contribution in [0.15, 0.2) is 60.8 Å². The molecule has 2 aromatic carbocycles. The average Bonchev–Trinajstić information content (AvgIpc) is 3.36. The average molecular weight is 438 g/mol. The zero-order chi connectivity index (χ0) is 22.0. The van der Waals surface area contributed by atoms with Gasteiger partial charge >= 0.3 is 0 Å². The van der Waals surface area contributed by atoms with Crippen molar-refractivity contribution in [3.8, 4) is 11.3 Å². The molecule has 4 rings (SSSR count). The van der Waals surface area contributed by atoms with Crippen LogP contribution in [-0.2, 0) is 22.8 Å². The normalized spacial score (nSPS) is 17.5. The van der Waals surface area contributed by atoms with Crippen molar-refractivity contribution in [2.24, 2.45) is 0 Å². The summed E-state index contributed by atoms with van der Waals surface area (Å²) in [6.07, 6.45) is 3.19. The van der Waals surface area contributed by atoms with E-state index in [9.17, 15) is 13.2 Å². The zero-order valence-corrected chi connectivity index (χ0v) is 18.7. The molecule has 0 bridgehead atoms. The minimum Gasteiger partial charge on any atom is -0.338 e. The molecule has 0 saturated carbocycles. The summed E-state index contributed by atoms with van der Waals surface area (Å²) in [6.45, 7) is 2.65. The van der Waals surface area contributed by atoms with Gasteiger partial charge in [-0.05, 0) is 24.0 Å². The van der Waals surface area contributed by atoms with Crippen molar-refractivity contribution in [3.05, 3.63) is 77.5 Å². The van der Waals surface area contributed by atoms with E-state index in [1.54, 1.807) is 22.8 Å². The van der Waals surface area contributed by atoms with Gasteiger partial charge in [-0.25, -0.2) is 8.42 Å². The third kappa shape index (κ3) is 4.71. The van der Waals surface area contributed by atoms with Crippen molar-refractivity contribution in [2.75, 3.05) is 18.6 Å². The van der Waals surface area contributed by atoms with Gasteiger partial charge in [0.2, 0.25) is 0 Å². The minimum atomic E-state index is -3.08. The highest BCUT2D eigenvalue weighted by atomic mass is 32.2. The number of nitrogens with zero attached hydrogens (tertiary/aromatic N) is 3. The van der Waals surface area contributed by atoms with Crippen LogP contribution < -0.4 is 0 Å². The maximum Gasteiger partial charge on any atom is 0.257 e. The second-order valence-electron chi connectivity index (χ2n) is 8.10. The van der Waals surface area contributed by atoms with E-state index in [0.717, 1.165) is 17.5 Å². The number of sulfone groups is 1. The molecule has 3 aromatic rings. The van der Waals surface area contributed by atoms with E-state index in [-0.39, 0.29) is 23.5 Å². The van der Waals surface area contributed by atoms with Crippen LogP contribution in [-0.4, -0.2) is 53.6 Å². The lowest BCUT2D eigenvalue weighted by Crippen LogP contribution is -2.37. The van der Waals surface area contributed by atoms with Gasteiger partial charge in [0.25, 0.3) is 5.91 Å². The molecular weight excluding hydrogens is 410 g/mol. The lowest BCUT2D eigenvalue weighted by molar-refractivity contribution is 0.0748. The Balaban J connectivity index is 1.69. The van der Waals surface area contributed by atoms with Gasteiger partial charge in [-0.1, -0.05) is 61.5 Å². The van der Waals surface area contributed by atoms with Crippen LogP contribution in [0.5, 0.6) is 0 Å². The number of rotatable bonds is 6. The number of carbonyl (C=O) groups excluding carboxylic acids is 1. The van der Waals surface area contributed by atoms with E-state index in [0.29, 0.717) is 24.2 Å². The predicted octanol–water partition coefficient (Wildman–Crippen LogP) is 3.42. The monoisotopic (exact) mass is 437 g/mol. The highest BCUT2D eigenvalue weighted by molar-refractivity contribution is 7.91. The fourth-order valence-electron chi connectivity index (χ4n) is 3.98. The van der Waals surface area contributed by atoms with E-state index < -0.39 is 9.84 Å². The van der Waals surface area contributed by atoms with Gasteiger partial charge in [0, 0.05) is 24.8 Å². The Morgan fingerprint density at radius 1 is 1.10 bits per heavy atom. The van der Waals surface area contributed by atoms with E-state index in [1.165, 1.54) is 5.56 Å². The van der Waals surface area contributed by atoms with Crippen molar-refractivity contribution in [2.45, 2.75) is 32.4 Å². The van der Waals surface area contributed by atoms with Crippen molar-refractivity contribution in [1.82, 2.24) is 14.7 Å². The quantitative estimate of drug-likeness (QED) is 0.592. The molecule has 1 fully saturated rings. The smallest absolute Gasteiger partial charge is 0.257 e. The summed E-state index contributed by atoms with van der Waals surface area (Å²) in [5.74, 6) is -0.0436. The van der Waals surface area contributed by atoms with Crippen molar-refractivity contribution < 1.29 is 13.2 Å². The Morgan fingerprint density at radius 3 is 2.42 bits per heavy atom. The molecule has 0 aliphatic carbocycles. The molecule has 1 amide bonds. The predicted molar refractivity (Wildman–Crippen MR) is 122 cm³/mol. The summed E-state index contributed by atoms with van der Waals surface area (Å²) in [6, 6.07) is 17.7. The molecule has 1 saturated heterocycles. The van der Waals surface area contributed by atoms with Crippen LogP contribution in [0, 0.1) is 0 Å². The van der Waals surface area contributed by atoms with Crippen molar-refractivity contribution >= 4 is 15.7 Å². The molecule has 6 nitrogen and oxygen atoms in total. The first-order valence-corrected chi connectivity index (χ1v) is 12.4. The first kappa shape index (κ1) is 21.3. The number of aryl methyl sites for hydroxylation is 1. The van der Waals surface area contributed by atoms with Gasteiger partial charge in [0.15, 0.2) is 9.84 Å². The summed E-state index contributed by atoms with van der Waals surface area (Å²) in [5.41, 5.74) is 4.30. The summed E-state index contributed by atoms with van der Waals surface area (Å²) in [7, 11) is -1.39. The maximum atomic E-state index is 13.4. The zero-order valence-electron chi connectivity index (χ0n) is 17.9. The molecule has 1 aliphatic heterocycles. The first-order chi connectivity index (χ1) is 14.9. The summed E-state index contributed by atoms with van der Waals surface area (Å²) in [5, 5.41) is 4.74. The van der Waals surface area contributed by atoms with Gasteiger partial charge in [-0.2, -0.15) is 5.10 Å². The summed E-state index contributed by atoms with van der Waals surface area (Å²) >= 11 is 0. The molecule has 1 aliphatic rings. The highest BCUT2D eigenvalue weighted by Crippen LogP contribution is 2.26. The van der Waals surface area contributed by atoms with E-state index in [2.05, 4.69) is 6.92 Å². The standard InChI is InChI=1S/C24H27N3O3S/c1-3-18-9-11-20(12-10-18)23-22(16-27(25-23)15-19-7-5-4-6-8-19)24(28)26(2)21-13-14-31(29,30)17-21/h4-12,16,21H,3,13-15,17H2,1-2H3. The molecule has 0 radical (unpaired) electrons. The fourth-order valence-corrected chi connectivity index (χ4v) is 5.75. The maximum absolute atomic E-state index is 13.4. The summed E-state index contributed by atoms with van der Waals surface area (Å²) < 4.78 is 25.6. The first-order valence-electron chi connectivity index (χ1n) is 10.5. The van der Waals surface area contributed by atoms with Crippen LogP contribution in [0.2, 0.25) is 0 Å². The third-order valence-corrected chi connectivity index (χ3v) is 7.64. The van der Waals surface area contributed by atoms with Crippen LogP contribution in [0.1, 0.15) is 34.8 Å². The number of carbonyl (C=O) groups is 1. The molecule has 0 N–H and O–H groups in total. The Labute approximate surface area is 183 Å². The fraction of sp³-hybridized carbons (Fsp3) is 0.333. The van der Waals surface area contributed by atoms with Gasteiger partial charge < -0.3 is 4.90 Å². The van der Waals surface area contributed by atoms with Crippen molar-refractivity contribution in [3.63, 3.8) is 0 Å². The van der Waals surface area contributed by atoms with Gasteiger partial charge in [-0.3, -0.25) is 9.48 Å². The molecule has 2 heterocycles. The molecule has 1 unspecified atom stereocenters. The summed E-state index contributed by atoms with van der Waals surface area (Å²) in [4.78, 5) is 15.0. The number of amides is 1. The molecule has 1 aromatic heterocycles. The second kappa shape index (κ2) is 8.67. The van der Waals surface area contributed by atoms with Crippen molar-refractivity contribution in [1.29, 1.82) is 0 Å². The SMILES string of the molecule is CCc1ccc(-c2nn(Cc3ccccc3)cc2C(=O)N(C)C2CCS(=O)(=O)C2)cc1. The lowest BCUT2D eigenvalue weighted by Gasteiger charge is -2.23. The third-order valence-electron chi connectivity index (χ3n) is 5.89. The van der Waals surface area contributed by atoms with Crippen LogP contribution in [0.4, 0.5) is 0 Å². The second-order valence-corrected chi connectivity index (χ2v) is 10.3. The van der Waals surface area contributed by atoms with E-state index in [1.807, 2.05) is 54.6 Å². The van der Waals surface area contributed by atoms with Crippen LogP contribution in [0.25, 0.3) is 11.3 Å². The molecule has 31 heavy (non-hydrogen) atoms. The minimum absolute atomic E-state index is 0.0217. The number of hydrogen-bond acceptors (Lipinski definition) is 4. The van der Waals surface area contributed by atoms with Gasteiger partial charge in [0.05, 0.1) is 23.6 Å². The topological polar surface area (TPSA) is 72.3 Å². The lowest BCUT2D eigenvalue weighted by atomic mass is 10.0. The number of hydrogen-bond donors (Lipinski definition) is 0. The Bertz CT molecular complexity index is 1170. The van der Waals surface area contributed by atoms with Crippen LogP contribution in [0.3, 0.4) is 0 Å². The van der Waals surface area contributed by atoms with Crippen LogP contribution >= 0.6 is 0 Å². The number of aromatic nitrogens is 2. The largest absolute Gasteiger partial charge is 0.338 e. The molecule has 7 heteroatoms. The highest BCUT2D eigenvalue weighted by Gasteiger charge is 2.34. The molecule has 0 spiro atoms. The molecule has 1 atom stereocenters.